The normalized spacial score (nSPS) is 14.8. The first-order chi connectivity index (χ1) is 7.60. The van der Waals surface area contributed by atoms with Gasteiger partial charge in [0, 0.05) is 19.3 Å². The van der Waals surface area contributed by atoms with Gasteiger partial charge in [0.25, 0.3) is 0 Å². The van der Waals surface area contributed by atoms with Crippen molar-refractivity contribution in [3.05, 3.63) is 35.4 Å². The van der Waals surface area contributed by atoms with Crippen LogP contribution in [0.3, 0.4) is 0 Å². The minimum atomic E-state index is -0.292. The Kier molecular flexibility index (Phi) is 4.97. The zero-order chi connectivity index (χ0) is 12.0. The van der Waals surface area contributed by atoms with Crippen LogP contribution in [0.1, 0.15) is 37.8 Å². The number of benzene rings is 1. The van der Waals surface area contributed by atoms with E-state index in [9.17, 15) is 0 Å². The highest BCUT2D eigenvalue weighted by atomic mass is 16.5. The Morgan fingerprint density at radius 1 is 1.38 bits per heavy atom. The number of hydrogen-bond donors (Lipinski definition) is 1. The molecule has 0 amide bonds. The fourth-order valence-corrected chi connectivity index (χ4v) is 1.83. The molecule has 0 heterocycles. The standard InChI is InChI=1S/C14H23NO/c1-4-6-12-7-5-8-13(11-12)14(2,15)9-10-16-3/h5,7-8,11H,4,6,9-10,15H2,1-3H3. The first-order valence-corrected chi connectivity index (χ1v) is 5.97. The quantitative estimate of drug-likeness (QED) is 0.801. The van der Waals surface area contributed by atoms with Crippen molar-refractivity contribution in [1.82, 2.24) is 0 Å². The van der Waals surface area contributed by atoms with Gasteiger partial charge >= 0.3 is 0 Å². The van der Waals surface area contributed by atoms with Crippen molar-refractivity contribution in [1.29, 1.82) is 0 Å². The van der Waals surface area contributed by atoms with Gasteiger partial charge < -0.3 is 10.5 Å². The minimum absolute atomic E-state index is 0.292. The Morgan fingerprint density at radius 2 is 2.12 bits per heavy atom. The SMILES string of the molecule is CCCc1cccc(C(C)(N)CCOC)c1. The van der Waals surface area contributed by atoms with Crippen molar-refractivity contribution in [2.24, 2.45) is 5.73 Å². The summed E-state index contributed by atoms with van der Waals surface area (Å²) in [4.78, 5) is 0. The monoisotopic (exact) mass is 221 g/mol. The molecule has 2 N–H and O–H groups in total. The van der Waals surface area contributed by atoms with Crippen LogP contribution in [-0.2, 0) is 16.7 Å². The third-order valence-electron chi connectivity index (χ3n) is 2.95. The Balaban J connectivity index is 2.80. The Labute approximate surface area is 98.8 Å². The average molecular weight is 221 g/mol. The summed E-state index contributed by atoms with van der Waals surface area (Å²) in [5, 5.41) is 0. The molecule has 1 aromatic rings. The Hall–Kier alpha value is -0.860. The number of nitrogens with two attached hydrogens (primary N) is 1. The summed E-state index contributed by atoms with van der Waals surface area (Å²) in [6.45, 7) is 4.96. The second-order valence-electron chi connectivity index (χ2n) is 4.61. The molecule has 1 aromatic carbocycles. The largest absolute Gasteiger partial charge is 0.385 e. The molecular formula is C14H23NO. The highest BCUT2D eigenvalue weighted by molar-refractivity contribution is 5.29. The second kappa shape index (κ2) is 6.02. The lowest BCUT2D eigenvalue weighted by Gasteiger charge is -2.25. The van der Waals surface area contributed by atoms with Gasteiger partial charge in [-0.1, -0.05) is 37.6 Å². The van der Waals surface area contributed by atoms with E-state index in [1.54, 1.807) is 7.11 Å². The lowest BCUT2D eigenvalue weighted by Crippen LogP contribution is -2.34. The molecule has 0 spiro atoms. The maximum absolute atomic E-state index is 6.31. The van der Waals surface area contributed by atoms with E-state index in [0.29, 0.717) is 6.61 Å². The molecule has 90 valence electrons. The van der Waals surface area contributed by atoms with Gasteiger partial charge in [0.15, 0.2) is 0 Å². The number of methoxy groups -OCH3 is 1. The zero-order valence-electron chi connectivity index (χ0n) is 10.6. The van der Waals surface area contributed by atoms with Crippen LogP contribution in [0.25, 0.3) is 0 Å². The van der Waals surface area contributed by atoms with Crippen LogP contribution in [0, 0.1) is 0 Å². The highest BCUT2D eigenvalue weighted by Gasteiger charge is 2.20. The van der Waals surface area contributed by atoms with Gasteiger partial charge in [0.1, 0.15) is 0 Å². The lowest BCUT2D eigenvalue weighted by molar-refractivity contribution is 0.172. The van der Waals surface area contributed by atoms with E-state index in [0.717, 1.165) is 12.8 Å². The number of ether oxygens (including phenoxy) is 1. The topological polar surface area (TPSA) is 35.2 Å². The van der Waals surface area contributed by atoms with Crippen LogP contribution in [0.5, 0.6) is 0 Å². The summed E-state index contributed by atoms with van der Waals surface area (Å²) in [5.74, 6) is 0. The van der Waals surface area contributed by atoms with Crippen molar-refractivity contribution in [2.75, 3.05) is 13.7 Å². The molecule has 2 nitrogen and oxygen atoms in total. The first kappa shape index (κ1) is 13.2. The van der Waals surface area contributed by atoms with Crippen LogP contribution in [0.4, 0.5) is 0 Å². The van der Waals surface area contributed by atoms with E-state index < -0.39 is 0 Å². The summed E-state index contributed by atoms with van der Waals surface area (Å²) in [5.41, 5.74) is 8.59. The minimum Gasteiger partial charge on any atom is -0.385 e. The first-order valence-electron chi connectivity index (χ1n) is 5.97. The van der Waals surface area contributed by atoms with Crippen LogP contribution in [0.15, 0.2) is 24.3 Å². The van der Waals surface area contributed by atoms with Gasteiger partial charge in [-0.3, -0.25) is 0 Å². The molecule has 1 rings (SSSR count). The maximum atomic E-state index is 6.31. The Bertz CT molecular complexity index is 320. The van der Waals surface area contributed by atoms with Crippen molar-refractivity contribution in [2.45, 2.75) is 38.6 Å². The molecule has 2 heteroatoms. The van der Waals surface area contributed by atoms with E-state index >= 15 is 0 Å². The fraction of sp³-hybridized carbons (Fsp3) is 0.571. The third-order valence-corrected chi connectivity index (χ3v) is 2.95. The third kappa shape index (κ3) is 3.62. The molecule has 0 aromatic heterocycles. The van der Waals surface area contributed by atoms with Crippen molar-refractivity contribution < 1.29 is 4.74 Å². The van der Waals surface area contributed by atoms with Crippen LogP contribution in [0.2, 0.25) is 0 Å². The molecule has 0 fully saturated rings. The molecule has 0 saturated carbocycles. The smallest absolute Gasteiger partial charge is 0.0482 e. The molecule has 16 heavy (non-hydrogen) atoms. The molecule has 0 aliphatic carbocycles. The average Bonchev–Trinajstić information content (AvgIpc) is 2.27. The van der Waals surface area contributed by atoms with Gasteiger partial charge in [-0.25, -0.2) is 0 Å². The summed E-state index contributed by atoms with van der Waals surface area (Å²) in [6.07, 6.45) is 3.14. The van der Waals surface area contributed by atoms with E-state index in [4.69, 9.17) is 10.5 Å². The predicted molar refractivity (Wildman–Crippen MR) is 68.5 cm³/mol. The number of hydrogen-bond acceptors (Lipinski definition) is 2. The van der Waals surface area contributed by atoms with Crippen LogP contribution >= 0.6 is 0 Å². The van der Waals surface area contributed by atoms with Gasteiger partial charge in [0.2, 0.25) is 0 Å². The Morgan fingerprint density at radius 3 is 2.75 bits per heavy atom. The summed E-state index contributed by atoms with van der Waals surface area (Å²) >= 11 is 0. The molecule has 1 unspecified atom stereocenters. The highest BCUT2D eigenvalue weighted by Crippen LogP contribution is 2.22. The van der Waals surface area contributed by atoms with Gasteiger partial charge in [-0.2, -0.15) is 0 Å². The van der Waals surface area contributed by atoms with E-state index in [1.165, 1.54) is 17.5 Å². The van der Waals surface area contributed by atoms with Gasteiger partial charge in [0.05, 0.1) is 0 Å². The molecule has 0 saturated heterocycles. The lowest BCUT2D eigenvalue weighted by atomic mass is 9.88. The van der Waals surface area contributed by atoms with E-state index in [2.05, 4.69) is 38.1 Å². The van der Waals surface area contributed by atoms with E-state index in [-0.39, 0.29) is 5.54 Å². The molecule has 0 aliphatic rings. The van der Waals surface area contributed by atoms with Crippen LogP contribution < -0.4 is 5.73 Å². The van der Waals surface area contributed by atoms with Crippen molar-refractivity contribution in [3.8, 4) is 0 Å². The molecule has 0 bridgehead atoms. The van der Waals surface area contributed by atoms with Crippen molar-refractivity contribution >= 4 is 0 Å². The van der Waals surface area contributed by atoms with Crippen LogP contribution in [-0.4, -0.2) is 13.7 Å². The number of aryl methyl sites for hydroxylation is 1. The van der Waals surface area contributed by atoms with Gasteiger partial charge in [-0.05, 0) is 30.9 Å². The molecule has 0 radical (unpaired) electrons. The summed E-state index contributed by atoms with van der Waals surface area (Å²) in [7, 11) is 1.71. The summed E-state index contributed by atoms with van der Waals surface area (Å²) in [6, 6.07) is 8.59. The zero-order valence-corrected chi connectivity index (χ0v) is 10.6. The maximum Gasteiger partial charge on any atom is 0.0482 e. The molecular weight excluding hydrogens is 198 g/mol. The summed E-state index contributed by atoms with van der Waals surface area (Å²) < 4.78 is 5.10. The van der Waals surface area contributed by atoms with Gasteiger partial charge in [-0.15, -0.1) is 0 Å². The second-order valence-corrected chi connectivity index (χ2v) is 4.61. The van der Waals surface area contributed by atoms with Crippen molar-refractivity contribution in [3.63, 3.8) is 0 Å². The van der Waals surface area contributed by atoms with E-state index in [1.807, 2.05) is 0 Å². The molecule has 0 aliphatic heterocycles. The number of rotatable bonds is 6. The fourth-order valence-electron chi connectivity index (χ4n) is 1.83. The predicted octanol–water partition coefficient (Wildman–Crippen LogP) is 2.85. The molecule has 1 atom stereocenters.